The molecule has 1 saturated heterocycles. The third kappa shape index (κ3) is 5.23. The van der Waals surface area contributed by atoms with Gasteiger partial charge in [0.2, 0.25) is 5.95 Å². The number of anilines is 1. The Morgan fingerprint density at radius 2 is 2.21 bits per heavy atom. The maximum absolute atomic E-state index is 6.05. The SMILES string of the molecule is S=C(NCC1CCCO1)Nc1nc(Cl)cc(Sc2ncccn2)n1. The van der Waals surface area contributed by atoms with Crippen LogP contribution in [0.25, 0.3) is 0 Å². The normalized spacial score (nSPS) is 16.8. The molecule has 2 N–H and O–H groups in total. The zero-order valence-electron chi connectivity index (χ0n) is 12.6. The monoisotopic (exact) mass is 382 g/mol. The number of halogens is 1. The molecule has 10 heteroatoms. The van der Waals surface area contributed by atoms with E-state index in [1.54, 1.807) is 24.5 Å². The highest BCUT2D eigenvalue weighted by molar-refractivity contribution is 7.99. The van der Waals surface area contributed by atoms with E-state index in [0.29, 0.717) is 32.9 Å². The highest BCUT2D eigenvalue weighted by Crippen LogP contribution is 2.25. The highest BCUT2D eigenvalue weighted by Gasteiger charge is 2.15. The average Bonchev–Trinajstić information content (AvgIpc) is 3.07. The van der Waals surface area contributed by atoms with Crippen LogP contribution in [-0.2, 0) is 4.74 Å². The molecule has 3 rings (SSSR count). The molecule has 0 aromatic carbocycles. The number of rotatable bonds is 5. The fourth-order valence-electron chi connectivity index (χ4n) is 2.09. The van der Waals surface area contributed by atoms with Crippen LogP contribution in [0, 0.1) is 0 Å². The zero-order valence-corrected chi connectivity index (χ0v) is 15.0. The Morgan fingerprint density at radius 1 is 1.38 bits per heavy atom. The molecule has 0 radical (unpaired) electrons. The lowest BCUT2D eigenvalue weighted by molar-refractivity contribution is 0.114. The van der Waals surface area contributed by atoms with Gasteiger partial charge in [-0.15, -0.1) is 0 Å². The van der Waals surface area contributed by atoms with Crippen molar-refractivity contribution in [2.24, 2.45) is 0 Å². The van der Waals surface area contributed by atoms with Gasteiger partial charge in [-0.1, -0.05) is 11.6 Å². The van der Waals surface area contributed by atoms with Gasteiger partial charge < -0.3 is 15.4 Å². The molecule has 0 spiro atoms. The number of hydrogen-bond donors (Lipinski definition) is 2. The topological polar surface area (TPSA) is 84.9 Å². The van der Waals surface area contributed by atoms with Gasteiger partial charge in [-0.05, 0) is 42.9 Å². The first-order valence-corrected chi connectivity index (χ1v) is 8.95. The molecule has 0 aliphatic carbocycles. The van der Waals surface area contributed by atoms with Gasteiger partial charge >= 0.3 is 0 Å². The Morgan fingerprint density at radius 3 is 2.96 bits per heavy atom. The molecule has 7 nitrogen and oxygen atoms in total. The van der Waals surface area contributed by atoms with Crippen LogP contribution in [0.2, 0.25) is 5.15 Å². The highest BCUT2D eigenvalue weighted by atomic mass is 35.5. The van der Waals surface area contributed by atoms with Crippen LogP contribution in [0.5, 0.6) is 0 Å². The van der Waals surface area contributed by atoms with Gasteiger partial charge in [0.25, 0.3) is 0 Å². The van der Waals surface area contributed by atoms with E-state index in [4.69, 9.17) is 28.6 Å². The van der Waals surface area contributed by atoms with E-state index >= 15 is 0 Å². The van der Waals surface area contributed by atoms with Crippen molar-refractivity contribution < 1.29 is 4.74 Å². The molecular weight excluding hydrogens is 368 g/mol. The summed E-state index contributed by atoms with van der Waals surface area (Å²) in [5.74, 6) is 0.325. The van der Waals surface area contributed by atoms with Crippen molar-refractivity contribution in [1.29, 1.82) is 0 Å². The minimum atomic E-state index is 0.200. The van der Waals surface area contributed by atoms with Gasteiger partial charge in [-0.25, -0.2) is 19.9 Å². The third-order valence-electron chi connectivity index (χ3n) is 3.15. The van der Waals surface area contributed by atoms with Crippen molar-refractivity contribution in [1.82, 2.24) is 25.3 Å². The Kier molecular flexibility index (Phi) is 6.13. The van der Waals surface area contributed by atoms with Crippen LogP contribution >= 0.6 is 35.6 Å². The Bertz CT molecular complexity index is 699. The summed E-state index contributed by atoms with van der Waals surface area (Å²) in [4.78, 5) is 16.8. The van der Waals surface area contributed by atoms with Crippen molar-refractivity contribution in [3.63, 3.8) is 0 Å². The summed E-state index contributed by atoms with van der Waals surface area (Å²) < 4.78 is 5.54. The molecule has 1 aliphatic rings. The summed E-state index contributed by atoms with van der Waals surface area (Å²) in [6.07, 6.45) is 5.67. The second kappa shape index (κ2) is 8.52. The maximum atomic E-state index is 6.05. The maximum Gasteiger partial charge on any atom is 0.231 e. The second-order valence-electron chi connectivity index (χ2n) is 4.96. The lowest BCUT2D eigenvalue weighted by Crippen LogP contribution is -2.35. The lowest BCUT2D eigenvalue weighted by Gasteiger charge is -2.13. The Labute approximate surface area is 154 Å². The Hall–Kier alpha value is -1.55. The molecule has 1 aliphatic heterocycles. The Balaban J connectivity index is 1.59. The van der Waals surface area contributed by atoms with Crippen molar-refractivity contribution in [3.8, 4) is 0 Å². The quantitative estimate of drug-likeness (QED) is 0.460. The summed E-state index contributed by atoms with van der Waals surface area (Å²) in [7, 11) is 0. The van der Waals surface area contributed by atoms with Crippen molar-refractivity contribution in [3.05, 3.63) is 29.7 Å². The van der Waals surface area contributed by atoms with Gasteiger partial charge in [0, 0.05) is 31.6 Å². The first-order valence-electron chi connectivity index (χ1n) is 7.35. The molecular formula is C14H15ClN6OS2. The largest absolute Gasteiger partial charge is 0.376 e. The first-order chi connectivity index (χ1) is 11.7. The van der Waals surface area contributed by atoms with Gasteiger partial charge in [0.05, 0.1) is 6.10 Å². The molecule has 2 aromatic rings. The summed E-state index contributed by atoms with van der Waals surface area (Å²) in [5, 5.41) is 7.99. The molecule has 126 valence electrons. The lowest BCUT2D eigenvalue weighted by atomic mass is 10.2. The molecule has 0 bridgehead atoms. The summed E-state index contributed by atoms with van der Waals surface area (Å²) in [6, 6.07) is 3.40. The van der Waals surface area contributed by atoms with E-state index in [1.165, 1.54) is 11.8 Å². The van der Waals surface area contributed by atoms with E-state index in [9.17, 15) is 0 Å². The second-order valence-corrected chi connectivity index (χ2v) is 6.74. The van der Waals surface area contributed by atoms with E-state index in [2.05, 4.69) is 30.6 Å². The molecule has 3 heterocycles. The summed E-state index contributed by atoms with van der Waals surface area (Å²) >= 11 is 12.6. The van der Waals surface area contributed by atoms with E-state index in [0.717, 1.165) is 19.4 Å². The zero-order chi connectivity index (χ0) is 16.8. The van der Waals surface area contributed by atoms with E-state index in [1.807, 2.05) is 0 Å². The van der Waals surface area contributed by atoms with E-state index < -0.39 is 0 Å². The van der Waals surface area contributed by atoms with E-state index in [-0.39, 0.29) is 6.10 Å². The predicted octanol–water partition coefficient (Wildman–Crippen LogP) is 2.54. The standard InChI is InChI=1S/C14H15ClN6OS2/c15-10-7-11(24-14-16-4-2-5-17-14)20-12(19-10)21-13(23)18-8-9-3-1-6-22-9/h2,4-5,7,9H,1,3,6,8H2,(H2,18,19,20,21,23). The molecule has 24 heavy (non-hydrogen) atoms. The van der Waals surface area contributed by atoms with Crippen molar-refractivity contribution in [2.75, 3.05) is 18.5 Å². The molecule has 0 amide bonds. The van der Waals surface area contributed by atoms with Gasteiger partial charge in [-0.3, -0.25) is 0 Å². The third-order valence-corrected chi connectivity index (χ3v) is 4.40. The minimum Gasteiger partial charge on any atom is -0.376 e. The van der Waals surface area contributed by atoms with Gasteiger partial charge in [0.1, 0.15) is 10.2 Å². The molecule has 2 aromatic heterocycles. The number of aromatic nitrogens is 4. The predicted molar refractivity (Wildman–Crippen MR) is 96.4 cm³/mol. The fourth-order valence-corrected chi connectivity index (χ4v) is 3.23. The van der Waals surface area contributed by atoms with Crippen molar-refractivity contribution in [2.45, 2.75) is 29.1 Å². The number of thiocarbonyl (C=S) groups is 1. The molecule has 1 atom stereocenters. The van der Waals surface area contributed by atoms with Crippen LogP contribution in [0.1, 0.15) is 12.8 Å². The first kappa shape index (κ1) is 17.3. The summed E-state index contributed by atoms with van der Waals surface area (Å²) in [5.41, 5.74) is 0. The fraction of sp³-hybridized carbons (Fsp3) is 0.357. The molecule has 0 saturated carbocycles. The summed E-state index contributed by atoms with van der Waals surface area (Å²) in [6.45, 7) is 1.47. The molecule has 1 unspecified atom stereocenters. The van der Waals surface area contributed by atoms with Crippen LogP contribution < -0.4 is 10.6 Å². The van der Waals surface area contributed by atoms with Gasteiger partial charge in [-0.2, -0.15) is 0 Å². The number of hydrogen-bond acceptors (Lipinski definition) is 7. The smallest absolute Gasteiger partial charge is 0.231 e. The van der Waals surface area contributed by atoms with Crippen LogP contribution in [0.4, 0.5) is 5.95 Å². The van der Waals surface area contributed by atoms with Gasteiger partial charge in [0.15, 0.2) is 10.3 Å². The van der Waals surface area contributed by atoms with Crippen LogP contribution in [-0.4, -0.2) is 44.3 Å². The van der Waals surface area contributed by atoms with Crippen LogP contribution in [0.3, 0.4) is 0 Å². The average molecular weight is 383 g/mol. The molecule has 1 fully saturated rings. The number of nitrogens with one attached hydrogen (secondary N) is 2. The minimum absolute atomic E-state index is 0.200. The number of nitrogens with zero attached hydrogens (tertiary/aromatic N) is 4. The van der Waals surface area contributed by atoms with Crippen molar-refractivity contribution >= 4 is 46.6 Å². The number of ether oxygens (including phenoxy) is 1. The van der Waals surface area contributed by atoms with Crippen LogP contribution in [0.15, 0.2) is 34.7 Å².